The zero-order valence-corrected chi connectivity index (χ0v) is 21.5. The number of H-pyrrole nitrogens is 2. The van der Waals surface area contributed by atoms with Crippen molar-refractivity contribution in [1.82, 2.24) is 35.1 Å². The van der Waals surface area contributed by atoms with Crippen LogP contribution in [-0.4, -0.2) is 41.0 Å². The molecule has 5 heterocycles. The summed E-state index contributed by atoms with van der Waals surface area (Å²) in [5.41, 5.74) is 7.34. The van der Waals surface area contributed by atoms with E-state index in [0.717, 1.165) is 22.2 Å². The van der Waals surface area contributed by atoms with Crippen LogP contribution in [0, 0.1) is 5.82 Å². The zero-order valence-electron chi connectivity index (χ0n) is 21.5. The van der Waals surface area contributed by atoms with E-state index in [9.17, 15) is 9.18 Å². The van der Waals surface area contributed by atoms with Crippen LogP contribution in [0.3, 0.4) is 0 Å². The smallest absolute Gasteiger partial charge is 0.228 e. The molecule has 2 aromatic carbocycles. The lowest BCUT2D eigenvalue weighted by molar-refractivity contribution is -0.115. The van der Waals surface area contributed by atoms with Gasteiger partial charge in [0.05, 0.1) is 29.5 Å². The first-order valence-electron chi connectivity index (χ1n) is 12.9. The number of aromatic amines is 2. The summed E-state index contributed by atoms with van der Waals surface area (Å²) in [5.74, 6) is 0.0201. The lowest BCUT2D eigenvalue weighted by Gasteiger charge is -2.07. The molecular formula is C31H21FN8O. The Labute approximate surface area is 232 Å². The lowest BCUT2D eigenvalue weighted by Crippen LogP contribution is -2.14. The summed E-state index contributed by atoms with van der Waals surface area (Å²) in [6, 6.07) is 23.3. The molecule has 0 aliphatic rings. The summed E-state index contributed by atoms with van der Waals surface area (Å²) < 4.78 is 13.9. The summed E-state index contributed by atoms with van der Waals surface area (Å²) in [6.45, 7) is 0. The Morgan fingerprint density at radius 1 is 0.878 bits per heavy atom. The molecule has 0 aliphatic carbocycles. The number of amides is 1. The normalized spacial score (nSPS) is 11.2. The zero-order chi connectivity index (χ0) is 27.8. The number of pyridine rings is 3. The Morgan fingerprint density at radius 3 is 2.66 bits per heavy atom. The fraction of sp³-hybridized carbons (Fsp3) is 0.0323. The molecule has 0 aliphatic heterocycles. The molecule has 0 saturated heterocycles. The van der Waals surface area contributed by atoms with E-state index >= 15 is 0 Å². The molecule has 7 rings (SSSR count). The summed E-state index contributed by atoms with van der Waals surface area (Å²) in [6.07, 6.45) is 5.21. The molecule has 5 aromatic heterocycles. The highest BCUT2D eigenvalue weighted by atomic mass is 19.1. The van der Waals surface area contributed by atoms with Crippen LogP contribution in [0.1, 0.15) is 5.56 Å². The number of rotatable bonds is 6. The van der Waals surface area contributed by atoms with E-state index in [1.54, 1.807) is 30.7 Å². The molecule has 198 valence electrons. The van der Waals surface area contributed by atoms with Gasteiger partial charge >= 0.3 is 0 Å². The van der Waals surface area contributed by atoms with E-state index < -0.39 is 0 Å². The Hall–Kier alpha value is -5.77. The predicted molar refractivity (Wildman–Crippen MR) is 154 cm³/mol. The van der Waals surface area contributed by atoms with Crippen molar-refractivity contribution in [1.29, 1.82) is 0 Å². The number of hydrogen-bond acceptors (Lipinski definition) is 6. The van der Waals surface area contributed by atoms with Gasteiger partial charge in [-0.15, -0.1) is 0 Å². The van der Waals surface area contributed by atoms with Crippen LogP contribution >= 0.6 is 0 Å². The van der Waals surface area contributed by atoms with Gasteiger partial charge in [-0.1, -0.05) is 42.5 Å². The second-order valence-corrected chi connectivity index (χ2v) is 9.49. The summed E-state index contributed by atoms with van der Waals surface area (Å²) >= 11 is 0. The molecule has 0 bridgehead atoms. The number of benzene rings is 2. The minimum Gasteiger partial charge on any atom is -0.324 e. The number of nitrogens with zero attached hydrogens (tertiary/aromatic N) is 5. The molecule has 7 aromatic rings. The third-order valence-electron chi connectivity index (χ3n) is 6.68. The maximum atomic E-state index is 13.9. The van der Waals surface area contributed by atoms with Crippen LogP contribution in [0.2, 0.25) is 0 Å². The number of nitrogens with one attached hydrogen (secondary N) is 3. The molecule has 0 atom stereocenters. The highest BCUT2D eigenvalue weighted by molar-refractivity contribution is 5.95. The first-order valence-corrected chi connectivity index (χ1v) is 12.9. The predicted octanol–water partition coefficient (Wildman–Crippen LogP) is 5.95. The minimum atomic E-state index is -0.326. The van der Waals surface area contributed by atoms with Gasteiger partial charge in [0, 0.05) is 23.5 Å². The van der Waals surface area contributed by atoms with Crippen LogP contribution in [0.5, 0.6) is 0 Å². The third kappa shape index (κ3) is 4.78. The molecular weight excluding hydrogens is 519 g/mol. The number of carbonyl (C=O) groups is 1. The molecule has 41 heavy (non-hydrogen) atoms. The number of fused-ring (bicyclic) bond motifs is 2. The highest BCUT2D eigenvalue weighted by Gasteiger charge is 2.18. The van der Waals surface area contributed by atoms with Gasteiger partial charge in [0.15, 0.2) is 17.2 Å². The average molecular weight is 541 g/mol. The Balaban J connectivity index is 1.21. The largest absolute Gasteiger partial charge is 0.324 e. The van der Waals surface area contributed by atoms with E-state index in [-0.39, 0.29) is 18.1 Å². The number of carbonyl (C=O) groups excluding carboxylic acids is 1. The molecule has 0 saturated carbocycles. The molecule has 10 heteroatoms. The van der Waals surface area contributed by atoms with Gasteiger partial charge in [0.2, 0.25) is 5.91 Å². The second-order valence-electron chi connectivity index (χ2n) is 9.49. The number of aromatic nitrogens is 7. The first-order chi connectivity index (χ1) is 20.1. The number of imidazole rings is 1. The van der Waals surface area contributed by atoms with Gasteiger partial charge in [-0.25, -0.2) is 19.3 Å². The van der Waals surface area contributed by atoms with Crippen LogP contribution in [0.15, 0.2) is 97.5 Å². The van der Waals surface area contributed by atoms with E-state index in [4.69, 9.17) is 9.97 Å². The van der Waals surface area contributed by atoms with Crippen molar-refractivity contribution in [2.75, 3.05) is 5.32 Å². The van der Waals surface area contributed by atoms with Gasteiger partial charge in [0.1, 0.15) is 16.9 Å². The number of anilines is 1. The minimum absolute atomic E-state index is 0.133. The highest BCUT2D eigenvalue weighted by Crippen LogP contribution is 2.31. The SMILES string of the molecule is O=C(Cc1ccccc1)Nc1cncc(-c2ccc3[nH]nc(-c4nc5c(-c6cccc(F)c6)ccnc5[nH]4)c3n2)c1. The van der Waals surface area contributed by atoms with Gasteiger partial charge < -0.3 is 10.3 Å². The van der Waals surface area contributed by atoms with Crippen LogP contribution < -0.4 is 5.32 Å². The fourth-order valence-electron chi connectivity index (χ4n) is 4.77. The third-order valence-corrected chi connectivity index (χ3v) is 6.68. The topological polar surface area (TPSA) is 125 Å². The van der Waals surface area contributed by atoms with Crippen LogP contribution in [0.25, 0.3) is 56.1 Å². The van der Waals surface area contributed by atoms with Crippen molar-refractivity contribution in [2.24, 2.45) is 0 Å². The fourth-order valence-corrected chi connectivity index (χ4v) is 4.77. The van der Waals surface area contributed by atoms with E-state index in [2.05, 4.69) is 30.5 Å². The van der Waals surface area contributed by atoms with Crippen molar-refractivity contribution in [3.63, 3.8) is 0 Å². The maximum absolute atomic E-state index is 13.9. The molecule has 3 N–H and O–H groups in total. The van der Waals surface area contributed by atoms with Crippen molar-refractivity contribution >= 4 is 33.8 Å². The summed E-state index contributed by atoms with van der Waals surface area (Å²) in [7, 11) is 0. The maximum Gasteiger partial charge on any atom is 0.228 e. The Morgan fingerprint density at radius 2 is 1.78 bits per heavy atom. The summed E-state index contributed by atoms with van der Waals surface area (Å²) in [4.78, 5) is 34.2. The van der Waals surface area contributed by atoms with Crippen molar-refractivity contribution in [3.05, 3.63) is 109 Å². The number of hydrogen-bond donors (Lipinski definition) is 3. The van der Waals surface area contributed by atoms with Crippen LogP contribution in [0.4, 0.5) is 10.1 Å². The average Bonchev–Trinajstić information content (AvgIpc) is 3.61. The molecule has 0 unspecified atom stereocenters. The first kappa shape index (κ1) is 24.3. The van der Waals surface area contributed by atoms with Gasteiger partial charge in [0.25, 0.3) is 0 Å². The van der Waals surface area contributed by atoms with Crippen molar-refractivity contribution in [2.45, 2.75) is 6.42 Å². The van der Waals surface area contributed by atoms with E-state index in [0.29, 0.717) is 45.1 Å². The van der Waals surface area contributed by atoms with Crippen molar-refractivity contribution in [3.8, 4) is 33.9 Å². The Kier molecular flexibility index (Phi) is 5.97. The molecule has 0 radical (unpaired) electrons. The van der Waals surface area contributed by atoms with Crippen molar-refractivity contribution < 1.29 is 9.18 Å². The molecule has 0 fully saturated rings. The van der Waals surface area contributed by atoms with E-state index in [1.807, 2.05) is 54.6 Å². The van der Waals surface area contributed by atoms with Gasteiger partial charge in [-0.3, -0.25) is 14.9 Å². The van der Waals surface area contributed by atoms with E-state index in [1.165, 1.54) is 12.1 Å². The standard InChI is InChI=1S/C31H21FN8O/c32-21-8-4-7-19(14-21)23-11-12-34-30-27(23)37-31(38-30)29-28-25(39-40-29)10-9-24(36-28)20-15-22(17-33-16-20)35-26(41)13-18-5-2-1-3-6-18/h1-12,14-17H,13H2,(H,35,41)(H,39,40)(H,34,37,38). The quantitative estimate of drug-likeness (QED) is 0.240. The van der Waals surface area contributed by atoms with Gasteiger partial charge in [-0.05, 0) is 47.5 Å². The second kappa shape index (κ2) is 10.1. The molecule has 9 nitrogen and oxygen atoms in total. The van der Waals surface area contributed by atoms with Crippen LogP contribution in [-0.2, 0) is 11.2 Å². The van der Waals surface area contributed by atoms with Gasteiger partial charge in [-0.2, -0.15) is 5.10 Å². The molecule has 1 amide bonds. The summed E-state index contributed by atoms with van der Waals surface area (Å²) in [5, 5.41) is 10.4. The monoisotopic (exact) mass is 540 g/mol. The lowest BCUT2D eigenvalue weighted by atomic mass is 10.1. The Bertz CT molecular complexity index is 2050. The number of halogens is 1. The molecule has 0 spiro atoms.